The van der Waals surface area contributed by atoms with Gasteiger partial charge in [-0.2, -0.15) is 4.37 Å². The standard InChI is InChI=1S/C19H19N3O2S/c1-3-12(2)20-18(23)13-7-6-8-14(11-13)21-19(24)17-15-9-4-5-10-16(15)25-22-17/h4-12H,3H2,1-2H3,(H,20,23)(H,21,24)/t12-/m0/s1. The molecule has 0 spiro atoms. The Hall–Kier alpha value is -2.73. The number of hydrogen-bond donors (Lipinski definition) is 2. The molecule has 0 bridgehead atoms. The molecule has 1 heterocycles. The van der Waals surface area contributed by atoms with Crippen LogP contribution < -0.4 is 10.6 Å². The summed E-state index contributed by atoms with van der Waals surface area (Å²) in [6, 6.07) is 14.6. The van der Waals surface area contributed by atoms with Gasteiger partial charge < -0.3 is 10.6 Å². The number of aromatic nitrogens is 1. The average molecular weight is 353 g/mol. The molecule has 0 unspecified atom stereocenters. The molecule has 6 heteroatoms. The van der Waals surface area contributed by atoms with Crippen LogP contribution in [0.1, 0.15) is 41.1 Å². The van der Waals surface area contributed by atoms with E-state index >= 15 is 0 Å². The van der Waals surface area contributed by atoms with Gasteiger partial charge in [0.25, 0.3) is 11.8 Å². The van der Waals surface area contributed by atoms with E-state index in [2.05, 4.69) is 15.0 Å². The van der Waals surface area contributed by atoms with E-state index in [1.165, 1.54) is 11.5 Å². The van der Waals surface area contributed by atoms with Crippen LogP contribution in [0.25, 0.3) is 10.1 Å². The Morgan fingerprint density at radius 2 is 1.92 bits per heavy atom. The van der Waals surface area contributed by atoms with Crippen molar-refractivity contribution < 1.29 is 9.59 Å². The number of nitrogens with zero attached hydrogens (tertiary/aromatic N) is 1. The van der Waals surface area contributed by atoms with Gasteiger partial charge in [-0.1, -0.05) is 31.2 Å². The highest BCUT2D eigenvalue weighted by Gasteiger charge is 2.15. The van der Waals surface area contributed by atoms with E-state index in [-0.39, 0.29) is 17.9 Å². The molecule has 1 aromatic heterocycles. The van der Waals surface area contributed by atoms with Gasteiger partial charge >= 0.3 is 0 Å². The quantitative estimate of drug-likeness (QED) is 0.726. The zero-order valence-electron chi connectivity index (χ0n) is 14.1. The van der Waals surface area contributed by atoms with Gasteiger partial charge in [-0.05, 0) is 49.1 Å². The third-order valence-electron chi connectivity index (χ3n) is 3.97. The highest BCUT2D eigenvalue weighted by molar-refractivity contribution is 7.13. The molecule has 25 heavy (non-hydrogen) atoms. The van der Waals surface area contributed by atoms with Crippen LogP contribution in [0.4, 0.5) is 5.69 Å². The van der Waals surface area contributed by atoms with E-state index in [0.717, 1.165) is 16.5 Å². The molecule has 0 fully saturated rings. The van der Waals surface area contributed by atoms with Crippen molar-refractivity contribution in [1.82, 2.24) is 9.69 Å². The van der Waals surface area contributed by atoms with Gasteiger partial charge in [-0.25, -0.2) is 0 Å². The van der Waals surface area contributed by atoms with Gasteiger partial charge in [-0.3, -0.25) is 9.59 Å². The second kappa shape index (κ2) is 7.44. The summed E-state index contributed by atoms with van der Waals surface area (Å²) in [7, 11) is 0. The lowest BCUT2D eigenvalue weighted by Crippen LogP contribution is -2.31. The molecule has 3 rings (SSSR count). The van der Waals surface area contributed by atoms with Crippen LogP contribution in [0.3, 0.4) is 0 Å². The number of nitrogens with one attached hydrogen (secondary N) is 2. The predicted molar refractivity (Wildman–Crippen MR) is 101 cm³/mol. The van der Waals surface area contributed by atoms with Crippen LogP contribution in [0, 0.1) is 0 Å². The van der Waals surface area contributed by atoms with Gasteiger partial charge in [-0.15, -0.1) is 0 Å². The lowest BCUT2D eigenvalue weighted by molar-refractivity contribution is 0.0938. The van der Waals surface area contributed by atoms with Crippen LogP contribution in [-0.4, -0.2) is 22.2 Å². The zero-order valence-corrected chi connectivity index (χ0v) is 14.9. The minimum atomic E-state index is -0.281. The molecule has 2 aromatic carbocycles. The summed E-state index contributed by atoms with van der Waals surface area (Å²) < 4.78 is 5.22. The Balaban J connectivity index is 1.78. The highest BCUT2D eigenvalue weighted by Crippen LogP contribution is 2.23. The molecular weight excluding hydrogens is 334 g/mol. The van der Waals surface area contributed by atoms with Crippen LogP contribution in [0.15, 0.2) is 48.5 Å². The molecular formula is C19H19N3O2S. The number of benzene rings is 2. The van der Waals surface area contributed by atoms with Crippen LogP contribution in [0.5, 0.6) is 0 Å². The van der Waals surface area contributed by atoms with Crippen molar-refractivity contribution >= 4 is 39.1 Å². The van der Waals surface area contributed by atoms with E-state index < -0.39 is 0 Å². The molecule has 2 amide bonds. The number of rotatable bonds is 5. The molecule has 0 saturated heterocycles. The third kappa shape index (κ3) is 3.85. The Bertz CT molecular complexity index is 920. The Morgan fingerprint density at radius 1 is 1.12 bits per heavy atom. The Labute approximate surface area is 150 Å². The number of carbonyl (C=O) groups is 2. The fourth-order valence-electron chi connectivity index (χ4n) is 2.39. The fraction of sp³-hybridized carbons (Fsp3) is 0.211. The van der Waals surface area contributed by atoms with E-state index in [1.807, 2.05) is 38.1 Å². The molecule has 128 valence electrons. The average Bonchev–Trinajstić information content (AvgIpc) is 3.06. The van der Waals surface area contributed by atoms with E-state index in [9.17, 15) is 9.59 Å². The molecule has 0 aliphatic rings. The number of amides is 2. The largest absolute Gasteiger partial charge is 0.350 e. The fourth-order valence-corrected chi connectivity index (χ4v) is 3.16. The first-order valence-corrected chi connectivity index (χ1v) is 8.92. The smallest absolute Gasteiger partial charge is 0.276 e. The maximum absolute atomic E-state index is 12.5. The molecule has 5 nitrogen and oxygen atoms in total. The van der Waals surface area contributed by atoms with Crippen molar-refractivity contribution in [3.8, 4) is 0 Å². The second-order valence-electron chi connectivity index (χ2n) is 5.85. The minimum absolute atomic E-state index is 0.104. The van der Waals surface area contributed by atoms with Crippen LogP contribution >= 0.6 is 11.5 Å². The van der Waals surface area contributed by atoms with Gasteiger partial charge in [0, 0.05) is 22.7 Å². The maximum atomic E-state index is 12.5. The zero-order chi connectivity index (χ0) is 17.8. The van der Waals surface area contributed by atoms with Gasteiger partial charge in [0.1, 0.15) is 5.69 Å². The summed E-state index contributed by atoms with van der Waals surface area (Å²) in [4.78, 5) is 24.7. The van der Waals surface area contributed by atoms with Gasteiger partial charge in [0.2, 0.25) is 0 Å². The second-order valence-corrected chi connectivity index (χ2v) is 6.65. The number of fused-ring (bicyclic) bond motifs is 1. The number of anilines is 1. The molecule has 0 radical (unpaired) electrons. The van der Waals surface area contributed by atoms with Crippen LogP contribution in [0.2, 0.25) is 0 Å². The third-order valence-corrected chi connectivity index (χ3v) is 4.79. The minimum Gasteiger partial charge on any atom is -0.350 e. The summed E-state index contributed by atoms with van der Waals surface area (Å²) in [5.74, 6) is -0.429. The van der Waals surface area contributed by atoms with Crippen molar-refractivity contribution in [1.29, 1.82) is 0 Å². The predicted octanol–water partition coefficient (Wildman–Crippen LogP) is 4.08. The molecule has 2 N–H and O–H groups in total. The molecule has 0 saturated carbocycles. The monoisotopic (exact) mass is 353 g/mol. The molecule has 0 aliphatic carbocycles. The first-order chi connectivity index (χ1) is 12.1. The Kier molecular flexibility index (Phi) is 5.09. The first kappa shape index (κ1) is 17.1. The first-order valence-electron chi connectivity index (χ1n) is 8.15. The molecule has 0 aliphatic heterocycles. The van der Waals surface area contributed by atoms with E-state index in [0.29, 0.717) is 16.9 Å². The Morgan fingerprint density at radius 3 is 2.72 bits per heavy atom. The van der Waals surface area contributed by atoms with E-state index in [4.69, 9.17) is 0 Å². The summed E-state index contributed by atoms with van der Waals surface area (Å²) in [6.45, 7) is 3.97. The molecule has 3 aromatic rings. The number of hydrogen-bond acceptors (Lipinski definition) is 4. The summed E-state index contributed by atoms with van der Waals surface area (Å²) >= 11 is 1.30. The van der Waals surface area contributed by atoms with Gasteiger partial charge in [0.05, 0.1) is 4.70 Å². The summed E-state index contributed by atoms with van der Waals surface area (Å²) in [5.41, 5.74) is 1.48. The van der Waals surface area contributed by atoms with Crippen molar-refractivity contribution in [3.05, 3.63) is 59.8 Å². The van der Waals surface area contributed by atoms with Gasteiger partial charge in [0.15, 0.2) is 0 Å². The van der Waals surface area contributed by atoms with Crippen molar-refractivity contribution in [3.63, 3.8) is 0 Å². The summed E-state index contributed by atoms with van der Waals surface area (Å²) in [6.07, 6.45) is 0.860. The normalized spacial score (nSPS) is 11.9. The SMILES string of the molecule is CC[C@H](C)NC(=O)c1cccc(NC(=O)c2nsc3ccccc23)c1. The summed E-state index contributed by atoms with van der Waals surface area (Å²) in [5, 5.41) is 6.57. The lowest BCUT2D eigenvalue weighted by atomic mass is 10.1. The maximum Gasteiger partial charge on any atom is 0.276 e. The number of carbonyl (C=O) groups excluding carboxylic acids is 2. The lowest BCUT2D eigenvalue weighted by Gasteiger charge is -2.12. The van der Waals surface area contributed by atoms with Crippen molar-refractivity contribution in [2.45, 2.75) is 26.3 Å². The van der Waals surface area contributed by atoms with Crippen molar-refractivity contribution in [2.75, 3.05) is 5.32 Å². The van der Waals surface area contributed by atoms with Crippen LogP contribution in [-0.2, 0) is 0 Å². The topological polar surface area (TPSA) is 71.1 Å². The van der Waals surface area contributed by atoms with Crippen molar-refractivity contribution in [2.24, 2.45) is 0 Å². The molecule has 1 atom stereocenters. The van der Waals surface area contributed by atoms with E-state index in [1.54, 1.807) is 24.3 Å². The highest BCUT2D eigenvalue weighted by atomic mass is 32.1.